The van der Waals surface area contributed by atoms with Gasteiger partial charge in [0.1, 0.15) is 5.41 Å². The minimum absolute atomic E-state index is 0.257. The van der Waals surface area contributed by atoms with E-state index in [4.69, 9.17) is 9.47 Å². The lowest BCUT2D eigenvalue weighted by molar-refractivity contribution is -0.426. The molecule has 0 radical (unpaired) electrons. The van der Waals surface area contributed by atoms with Crippen molar-refractivity contribution in [3.8, 4) is 0 Å². The predicted molar refractivity (Wildman–Crippen MR) is 144 cm³/mol. The Morgan fingerprint density at radius 3 is 0.943 bits per heavy atom. The maximum absolute atomic E-state index is 11.1. The van der Waals surface area contributed by atoms with E-state index in [1.165, 1.54) is 89.9 Å². The third-order valence-electron chi connectivity index (χ3n) is 7.17. The average molecular weight is 505 g/mol. The Labute approximate surface area is 216 Å². The van der Waals surface area contributed by atoms with E-state index in [0.29, 0.717) is 0 Å². The first-order valence-electron chi connectivity index (χ1n) is 14.9. The Bertz CT molecular complexity index is 393. The highest BCUT2D eigenvalue weighted by molar-refractivity contribution is 4.86. The van der Waals surface area contributed by atoms with E-state index in [2.05, 4.69) is 13.8 Å². The van der Waals surface area contributed by atoms with Crippen LogP contribution in [0.3, 0.4) is 0 Å². The molecule has 0 atom stereocenters. The second-order valence-electron chi connectivity index (χ2n) is 10.4. The average Bonchev–Trinajstić information content (AvgIpc) is 2.87. The van der Waals surface area contributed by atoms with Gasteiger partial charge in [0, 0.05) is 0 Å². The Morgan fingerprint density at radius 1 is 0.429 bits per heavy atom. The molecular formula is C29H60O6. The van der Waals surface area contributed by atoms with Gasteiger partial charge in [-0.2, -0.15) is 0 Å². The Hall–Kier alpha value is -0.240. The highest BCUT2D eigenvalue weighted by Crippen LogP contribution is 2.34. The number of rotatable bonds is 28. The van der Waals surface area contributed by atoms with Crippen LogP contribution >= 0.6 is 0 Å². The fraction of sp³-hybridized carbons (Fsp3) is 1.00. The van der Waals surface area contributed by atoms with Gasteiger partial charge in [-0.25, -0.2) is 0 Å². The SMILES string of the molecule is CCCCCCCCCCCCOC(O)(OCCCCCCCCCCCC)C(CO)(CO)CO. The van der Waals surface area contributed by atoms with E-state index in [1.807, 2.05) is 0 Å². The van der Waals surface area contributed by atoms with Gasteiger partial charge in [-0.1, -0.05) is 129 Å². The quantitative estimate of drug-likeness (QED) is 0.0720. The molecule has 0 amide bonds. The number of ether oxygens (including phenoxy) is 2. The van der Waals surface area contributed by atoms with Crippen molar-refractivity contribution in [3.05, 3.63) is 0 Å². The molecule has 0 aromatic carbocycles. The van der Waals surface area contributed by atoms with Crippen LogP contribution in [0.1, 0.15) is 142 Å². The van der Waals surface area contributed by atoms with E-state index in [-0.39, 0.29) is 13.2 Å². The Kier molecular flexibility index (Phi) is 24.0. The maximum atomic E-state index is 11.1. The third-order valence-corrected chi connectivity index (χ3v) is 7.17. The molecule has 0 aromatic heterocycles. The van der Waals surface area contributed by atoms with Gasteiger partial charge in [-0.15, -0.1) is 0 Å². The molecule has 0 spiro atoms. The van der Waals surface area contributed by atoms with Gasteiger partial charge in [0.25, 0.3) is 5.97 Å². The van der Waals surface area contributed by atoms with Crippen LogP contribution in [-0.2, 0) is 9.47 Å². The molecule has 0 heterocycles. The van der Waals surface area contributed by atoms with Gasteiger partial charge in [0.2, 0.25) is 0 Å². The molecule has 0 aromatic rings. The summed E-state index contributed by atoms with van der Waals surface area (Å²) in [4.78, 5) is 0. The molecule has 0 bridgehead atoms. The first-order chi connectivity index (χ1) is 17.1. The third kappa shape index (κ3) is 16.3. The molecule has 6 heteroatoms. The predicted octanol–water partition coefficient (Wildman–Crippen LogP) is 6.47. The lowest BCUT2D eigenvalue weighted by Gasteiger charge is -2.42. The van der Waals surface area contributed by atoms with Gasteiger partial charge >= 0.3 is 0 Å². The number of hydrogen-bond acceptors (Lipinski definition) is 6. The largest absolute Gasteiger partial charge is 0.395 e. The van der Waals surface area contributed by atoms with Gasteiger partial charge in [-0.05, 0) is 12.8 Å². The smallest absolute Gasteiger partial charge is 0.293 e. The van der Waals surface area contributed by atoms with E-state index >= 15 is 0 Å². The Balaban J connectivity index is 4.21. The summed E-state index contributed by atoms with van der Waals surface area (Å²) in [6.07, 6.45) is 23.8. The van der Waals surface area contributed by atoms with Gasteiger partial charge in [-0.3, -0.25) is 0 Å². The zero-order valence-corrected chi connectivity index (χ0v) is 23.3. The molecule has 35 heavy (non-hydrogen) atoms. The van der Waals surface area contributed by atoms with E-state index in [9.17, 15) is 20.4 Å². The summed E-state index contributed by atoms with van der Waals surface area (Å²) >= 11 is 0. The van der Waals surface area contributed by atoms with Crippen LogP contribution in [0, 0.1) is 5.41 Å². The first-order valence-corrected chi connectivity index (χ1v) is 14.9. The van der Waals surface area contributed by atoms with Crippen molar-refractivity contribution in [2.45, 2.75) is 148 Å². The topological polar surface area (TPSA) is 99.4 Å². The number of aliphatic hydroxyl groups is 4. The lowest BCUT2D eigenvalue weighted by Crippen LogP contribution is -2.59. The minimum atomic E-state index is -2.20. The summed E-state index contributed by atoms with van der Waals surface area (Å²) in [5.74, 6) is -2.20. The van der Waals surface area contributed by atoms with Crippen LogP contribution in [0.2, 0.25) is 0 Å². The number of hydrogen-bond donors (Lipinski definition) is 4. The summed E-state index contributed by atoms with van der Waals surface area (Å²) in [5, 5.41) is 40.6. The molecular weight excluding hydrogens is 444 g/mol. The number of unbranched alkanes of at least 4 members (excludes halogenated alkanes) is 18. The molecule has 6 nitrogen and oxygen atoms in total. The summed E-state index contributed by atoms with van der Waals surface area (Å²) in [5.41, 5.74) is -1.66. The normalized spacial score (nSPS) is 12.5. The van der Waals surface area contributed by atoms with Crippen molar-refractivity contribution in [1.82, 2.24) is 0 Å². The summed E-state index contributed by atoms with van der Waals surface area (Å²) in [6.45, 7) is 3.08. The Morgan fingerprint density at radius 2 is 0.686 bits per heavy atom. The van der Waals surface area contributed by atoms with Crippen molar-refractivity contribution in [1.29, 1.82) is 0 Å². The van der Waals surface area contributed by atoms with E-state index < -0.39 is 31.2 Å². The van der Waals surface area contributed by atoms with Crippen molar-refractivity contribution < 1.29 is 29.9 Å². The zero-order valence-electron chi connectivity index (χ0n) is 23.3. The van der Waals surface area contributed by atoms with Crippen molar-refractivity contribution >= 4 is 0 Å². The van der Waals surface area contributed by atoms with Crippen molar-refractivity contribution in [2.24, 2.45) is 5.41 Å². The summed E-state index contributed by atoms with van der Waals surface area (Å²) in [6, 6.07) is 0. The van der Waals surface area contributed by atoms with Gasteiger partial charge in [0.05, 0.1) is 33.0 Å². The maximum Gasteiger partial charge on any atom is 0.293 e. The van der Waals surface area contributed by atoms with Crippen LogP contribution in [-0.4, -0.2) is 59.4 Å². The van der Waals surface area contributed by atoms with Crippen LogP contribution in [0.5, 0.6) is 0 Å². The minimum Gasteiger partial charge on any atom is -0.395 e. The molecule has 0 fully saturated rings. The van der Waals surface area contributed by atoms with Crippen LogP contribution < -0.4 is 0 Å². The molecule has 212 valence electrons. The molecule has 0 aliphatic rings. The highest BCUT2D eigenvalue weighted by atomic mass is 16.8. The monoisotopic (exact) mass is 504 g/mol. The second kappa shape index (κ2) is 24.1. The van der Waals surface area contributed by atoms with Crippen LogP contribution in [0.25, 0.3) is 0 Å². The summed E-state index contributed by atoms with van der Waals surface area (Å²) < 4.78 is 11.4. The molecule has 0 unspecified atom stereocenters. The standard InChI is InChI=1S/C29H60O6/c1-3-5-7-9-11-13-15-17-19-21-23-34-29(33,28(25-30,26-31)27-32)35-24-22-20-18-16-14-12-10-8-6-4-2/h30-33H,3-27H2,1-2H3. The van der Waals surface area contributed by atoms with Gasteiger partial charge in [0.15, 0.2) is 0 Å². The molecule has 0 saturated carbocycles. The first kappa shape index (κ1) is 34.8. The fourth-order valence-corrected chi connectivity index (χ4v) is 4.40. The fourth-order valence-electron chi connectivity index (χ4n) is 4.40. The lowest BCUT2D eigenvalue weighted by atomic mass is 9.87. The van der Waals surface area contributed by atoms with Gasteiger partial charge < -0.3 is 29.9 Å². The van der Waals surface area contributed by atoms with E-state index in [0.717, 1.165) is 38.5 Å². The second-order valence-corrected chi connectivity index (χ2v) is 10.4. The molecule has 0 aliphatic heterocycles. The van der Waals surface area contributed by atoms with Crippen molar-refractivity contribution in [3.63, 3.8) is 0 Å². The van der Waals surface area contributed by atoms with Crippen LogP contribution in [0.4, 0.5) is 0 Å². The molecule has 0 rings (SSSR count). The molecule has 0 saturated heterocycles. The van der Waals surface area contributed by atoms with E-state index in [1.54, 1.807) is 0 Å². The molecule has 4 N–H and O–H groups in total. The van der Waals surface area contributed by atoms with Crippen LogP contribution in [0.15, 0.2) is 0 Å². The molecule has 0 aliphatic carbocycles. The highest BCUT2D eigenvalue weighted by Gasteiger charge is 2.53. The number of aliphatic hydroxyl groups excluding tert-OH is 3. The summed E-state index contributed by atoms with van der Waals surface area (Å²) in [7, 11) is 0. The van der Waals surface area contributed by atoms with Crippen molar-refractivity contribution in [2.75, 3.05) is 33.0 Å². The zero-order chi connectivity index (χ0) is 26.1.